The molecular formula is C27H33N5O4S. The van der Waals surface area contributed by atoms with Crippen LogP contribution in [0.3, 0.4) is 0 Å². The van der Waals surface area contributed by atoms with Crippen molar-refractivity contribution < 1.29 is 19.1 Å². The van der Waals surface area contributed by atoms with Gasteiger partial charge in [0.1, 0.15) is 17.4 Å². The number of aryl methyl sites for hydroxylation is 1. The summed E-state index contributed by atoms with van der Waals surface area (Å²) in [5, 5.41) is 3.86. The molecule has 2 amide bonds. The maximum Gasteiger partial charge on any atom is 0.410 e. The summed E-state index contributed by atoms with van der Waals surface area (Å²) in [4.78, 5) is 36.7. The SMILES string of the molecule is CCOc1cccc(C(C)CC(=O)Nc2sc3c(c2C=NC)CCN(C(=O)OCc2cncn2C)C3)c1. The van der Waals surface area contributed by atoms with Gasteiger partial charge in [-0.25, -0.2) is 9.78 Å². The van der Waals surface area contributed by atoms with E-state index in [2.05, 4.69) is 15.3 Å². The molecular weight excluding hydrogens is 490 g/mol. The van der Waals surface area contributed by atoms with Gasteiger partial charge in [0, 0.05) is 43.7 Å². The number of thiophene rings is 1. The number of nitrogens with zero attached hydrogens (tertiary/aromatic N) is 4. The summed E-state index contributed by atoms with van der Waals surface area (Å²) in [7, 11) is 3.58. The maximum absolute atomic E-state index is 13.0. The second-order valence-corrected chi connectivity index (χ2v) is 10.1. The molecule has 1 unspecified atom stereocenters. The number of hydrogen-bond acceptors (Lipinski definition) is 7. The molecule has 0 aliphatic carbocycles. The average Bonchev–Trinajstić information content (AvgIpc) is 3.45. The van der Waals surface area contributed by atoms with E-state index in [9.17, 15) is 9.59 Å². The van der Waals surface area contributed by atoms with Crippen LogP contribution in [0.1, 0.15) is 53.4 Å². The highest BCUT2D eigenvalue weighted by Crippen LogP contribution is 2.37. The number of rotatable bonds is 9. The third kappa shape index (κ3) is 6.37. The van der Waals surface area contributed by atoms with Gasteiger partial charge in [-0.3, -0.25) is 9.79 Å². The van der Waals surface area contributed by atoms with E-state index in [1.807, 2.05) is 49.7 Å². The van der Waals surface area contributed by atoms with Crippen LogP contribution in [0.15, 0.2) is 41.8 Å². The van der Waals surface area contributed by atoms with Crippen molar-refractivity contribution in [3.63, 3.8) is 0 Å². The number of amides is 2. The molecule has 196 valence electrons. The predicted molar refractivity (Wildman–Crippen MR) is 145 cm³/mol. The largest absolute Gasteiger partial charge is 0.494 e. The smallest absolute Gasteiger partial charge is 0.410 e. The van der Waals surface area contributed by atoms with Gasteiger partial charge in [-0.05, 0) is 42.5 Å². The monoisotopic (exact) mass is 523 g/mol. The number of carbonyl (C=O) groups is 2. The van der Waals surface area contributed by atoms with Crippen molar-refractivity contribution in [3.8, 4) is 5.75 Å². The molecule has 1 aliphatic heterocycles. The second kappa shape index (κ2) is 12.1. The molecule has 1 N–H and O–H groups in total. The van der Waals surface area contributed by atoms with Crippen LogP contribution in [0.25, 0.3) is 0 Å². The molecule has 1 aliphatic rings. The Balaban J connectivity index is 1.41. The van der Waals surface area contributed by atoms with Crippen molar-refractivity contribution in [1.82, 2.24) is 14.5 Å². The number of nitrogens with one attached hydrogen (secondary N) is 1. The van der Waals surface area contributed by atoms with Crippen molar-refractivity contribution >= 4 is 34.6 Å². The lowest BCUT2D eigenvalue weighted by molar-refractivity contribution is -0.116. The van der Waals surface area contributed by atoms with Crippen LogP contribution in [0, 0.1) is 0 Å². The molecule has 9 nitrogen and oxygen atoms in total. The summed E-state index contributed by atoms with van der Waals surface area (Å²) >= 11 is 1.49. The number of benzene rings is 1. The zero-order valence-electron chi connectivity index (χ0n) is 21.7. The van der Waals surface area contributed by atoms with Gasteiger partial charge in [-0.1, -0.05) is 19.1 Å². The fraction of sp³-hybridized carbons (Fsp3) is 0.407. The van der Waals surface area contributed by atoms with Gasteiger partial charge < -0.3 is 24.3 Å². The van der Waals surface area contributed by atoms with Gasteiger partial charge in [-0.2, -0.15) is 0 Å². The van der Waals surface area contributed by atoms with Gasteiger partial charge in [0.15, 0.2) is 0 Å². The topological polar surface area (TPSA) is 98.1 Å². The van der Waals surface area contributed by atoms with Gasteiger partial charge in [-0.15, -0.1) is 11.3 Å². The Hall–Kier alpha value is -3.66. The molecule has 10 heteroatoms. The highest BCUT2D eigenvalue weighted by Gasteiger charge is 2.28. The summed E-state index contributed by atoms with van der Waals surface area (Å²) in [6.07, 6.45) is 5.80. The Kier molecular flexibility index (Phi) is 8.60. The first-order valence-corrected chi connectivity index (χ1v) is 13.2. The van der Waals surface area contributed by atoms with Crippen LogP contribution in [0.4, 0.5) is 9.80 Å². The number of carbonyl (C=O) groups excluding carboxylic acids is 2. The first kappa shape index (κ1) is 26.4. The van der Waals surface area contributed by atoms with E-state index in [1.54, 1.807) is 30.7 Å². The summed E-state index contributed by atoms with van der Waals surface area (Å²) in [5.74, 6) is 0.775. The molecule has 3 heterocycles. The third-order valence-corrected chi connectivity index (χ3v) is 7.50. The third-order valence-electron chi connectivity index (χ3n) is 6.36. The van der Waals surface area contributed by atoms with Crippen molar-refractivity contribution in [3.05, 3.63) is 64.1 Å². The predicted octanol–water partition coefficient (Wildman–Crippen LogP) is 4.76. The molecule has 4 rings (SSSR count). The Morgan fingerprint density at radius 3 is 2.92 bits per heavy atom. The average molecular weight is 524 g/mol. The highest BCUT2D eigenvalue weighted by atomic mass is 32.1. The molecule has 0 saturated carbocycles. The minimum absolute atomic E-state index is 0.0305. The van der Waals surface area contributed by atoms with Crippen LogP contribution in [0.2, 0.25) is 0 Å². The van der Waals surface area contributed by atoms with E-state index in [0.717, 1.165) is 38.0 Å². The normalized spacial score (nSPS) is 13.9. The standard InChI is InChI=1S/C27H33N5O4S/c1-5-35-21-8-6-7-19(12-21)18(2)11-25(33)30-26-23(14-28-3)22-9-10-32(15-24(22)37-26)27(34)36-16-20-13-29-17-31(20)4/h6-8,12-14,17-18H,5,9-11,15-16H2,1-4H3,(H,30,33). The number of imidazole rings is 1. The molecule has 0 spiro atoms. The highest BCUT2D eigenvalue weighted by molar-refractivity contribution is 7.16. The lowest BCUT2D eigenvalue weighted by Gasteiger charge is -2.26. The van der Waals surface area contributed by atoms with Gasteiger partial charge in [0.2, 0.25) is 5.91 Å². The van der Waals surface area contributed by atoms with E-state index < -0.39 is 0 Å². The first-order valence-electron chi connectivity index (χ1n) is 12.4. The van der Waals surface area contributed by atoms with Gasteiger partial charge in [0.25, 0.3) is 0 Å². The number of aliphatic imine (C=N–C) groups is 1. The van der Waals surface area contributed by atoms with Crippen LogP contribution in [-0.4, -0.2) is 52.9 Å². The Morgan fingerprint density at radius 2 is 2.19 bits per heavy atom. The van der Waals surface area contributed by atoms with Crippen molar-refractivity contribution in [1.29, 1.82) is 0 Å². The first-order chi connectivity index (χ1) is 17.9. The fourth-order valence-corrected chi connectivity index (χ4v) is 5.60. The lowest BCUT2D eigenvalue weighted by atomic mass is 9.97. The minimum atomic E-state index is -0.361. The zero-order valence-corrected chi connectivity index (χ0v) is 22.5. The fourth-order valence-electron chi connectivity index (χ4n) is 4.34. The maximum atomic E-state index is 13.0. The number of ether oxygens (including phenoxy) is 2. The van der Waals surface area contributed by atoms with E-state index >= 15 is 0 Å². The van der Waals surface area contributed by atoms with Crippen molar-refractivity contribution in [2.45, 2.75) is 45.8 Å². The lowest BCUT2D eigenvalue weighted by Crippen LogP contribution is -2.36. The number of anilines is 1. The Morgan fingerprint density at radius 1 is 1.35 bits per heavy atom. The van der Waals surface area contributed by atoms with E-state index in [4.69, 9.17) is 9.47 Å². The summed E-state index contributed by atoms with van der Waals surface area (Å²) in [6.45, 7) is 5.73. The second-order valence-electron chi connectivity index (χ2n) is 9.01. The number of fused-ring (bicyclic) bond motifs is 1. The van der Waals surface area contributed by atoms with Gasteiger partial charge in [0.05, 0.1) is 31.4 Å². The van der Waals surface area contributed by atoms with Crippen molar-refractivity contribution in [2.24, 2.45) is 12.0 Å². The van der Waals surface area contributed by atoms with Crippen LogP contribution >= 0.6 is 11.3 Å². The molecule has 2 aromatic heterocycles. The summed E-state index contributed by atoms with van der Waals surface area (Å²) in [5.41, 5.74) is 3.93. The minimum Gasteiger partial charge on any atom is -0.494 e. The molecule has 0 bridgehead atoms. The van der Waals surface area contributed by atoms with Crippen molar-refractivity contribution in [2.75, 3.05) is 25.5 Å². The number of aromatic nitrogens is 2. The summed E-state index contributed by atoms with van der Waals surface area (Å²) < 4.78 is 12.9. The molecule has 3 aromatic rings. The van der Waals surface area contributed by atoms with Crippen LogP contribution in [0.5, 0.6) is 5.75 Å². The quantitative estimate of drug-likeness (QED) is 0.408. The molecule has 0 fully saturated rings. The molecule has 37 heavy (non-hydrogen) atoms. The number of hydrogen-bond donors (Lipinski definition) is 1. The molecule has 1 aromatic carbocycles. The molecule has 1 atom stereocenters. The van der Waals surface area contributed by atoms with Crippen LogP contribution < -0.4 is 10.1 Å². The molecule has 0 saturated heterocycles. The Bertz CT molecular complexity index is 1280. The molecule has 0 radical (unpaired) electrons. The Labute approximate surface area is 221 Å². The van der Waals surface area contributed by atoms with Gasteiger partial charge >= 0.3 is 6.09 Å². The van der Waals surface area contributed by atoms with E-state index in [0.29, 0.717) is 32.5 Å². The summed E-state index contributed by atoms with van der Waals surface area (Å²) in [6, 6.07) is 7.87. The van der Waals surface area contributed by atoms with Crippen LogP contribution in [-0.2, 0) is 36.2 Å². The van der Waals surface area contributed by atoms with E-state index in [1.165, 1.54) is 11.3 Å². The van der Waals surface area contributed by atoms with E-state index in [-0.39, 0.29) is 24.5 Å². The zero-order chi connectivity index (χ0) is 26.4.